The van der Waals surface area contributed by atoms with Gasteiger partial charge in [0.1, 0.15) is 0 Å². The first kappa shape index (κ1) is 13.7. The van der Waals surface area contributed by atoms with Crippen molar-refractivity contribution in [2.75, 3.05) is 0 Å². The van der Waals surface area contributed by atoms with Crippen LogP contribution >= 0.6 is 0 Å². The van der Waals surface area contributed by atoms with Crippen LogP contribution in [0.2, 0.25) is 0 Å². The molecule has 2 N–H and O–H groups in total. The van der Waals surface area contributed by atoms with Crippen molar-refractivity contribution in [1.29, 1.82) is 0 Å². The van der Waals surface area contributed by atoms with Gasteiger partial charge in [0.25, 0.3) is 0 Å². The summed E-state index contributed by atoms with van der Waals surface area (Å²) in [7, 11) is 0. The molecule has 2 aromatic rings. The molecule has 102 valence electrons. The number of nitrogens with one attached hydrogen (secondary N) is 2. The van der Waals surface area contributed by atoms with E-state index in [1.165, 1.54) is 6.42 Å². The molecule has 1 amide bonds. The van der Waals surface area contributed by atoms with Crippen LogP contribution in [0.15, 0.2) is 30.5 Å². The summed E-state index contributed by atoms with van der Waals surface area (Å²) < 4.78 is 0. The SMILES string of the molecule is CCCCC(C)NC(=O)Cc1c[nH]c2ccccc12. The highest BCUT2D eigenvalue weighted by molar-refractivity contribution is 5.88. The normalized spacial score (nSPS) is 12.5. The maximum absolute atomic E-state index is 12.0. The van der Waals surface area contributed by atoms with E-state index in [0.29, 0.717) is 6.42 Å². The third-order valence-corrected chi connectivity index (χ3v) is 3.42. The fraction of sp³-hybridized carbons (Fsp3) is 0.438. The number of hydrogen-bond acceptors (Lipinski definition) is 1. The fourth-order valence-corrected chi connectivity index (χ4v) is 2.36. The number of H-pyrrole nitrogens is 1. The van der Waals surface area contributed by atoms with Crippen LogP contribution in [0.25, 0.3) is 10.9 Å². The predicted molar refractivity (Wildman–Crippen MR) is 79.1 cm³/mol. The Kier molecular flexibility index (Phi) is 4.61. The van der Waals surface area contributed by atoms with Crippen LogP contribution in [-0.2, 0) is 11.2 Å². The fourth-order valence-electron chi connectivity index (χ4n) is 2.36. The summed E-state index contributed by atoms with van der Waals surface area (Å²) in [6.07, 6.45) is 5.76. The first-order chi connectivity index (χ1) is 9.20. The summed E-state index contributed by atoms with van der Waals surface area (Å²) in [4.78, 5) is 15.2. The van der Waals surface area contributed by atoms with E-state index in [1.54, 1.807) is 0 Å². The summed E-state index contributed by atoms with van der Waals surface area (Å²) in [5, 5.41) is 4.20. The molecule has 19 heavy (non-hydrogen) atoms. The molecule has 0 aliphatic rings. The van der Waals surface area contributed by atoms with E-state index in [4.69, 9.17) is 0 Å². The Balaban J connectivity index is 1.95. The quantitative estimate of drug-likeness (QED) is 0.819. The highest BCUT2D eigenvalue weighted by Gasteiger charge is 2.10. The Bertz CT molecular complexity index is 544. The van der Waals surface area contributed by atoms with E-state index in [9.17, 15) is 4.79 Å². The number of fused-ring (bicyclic) bond motifs is 1. The van der Waals surface area contributed by atoms with Gasteiger partial charge < -0.3 is 10.3 Å². The van der Waals surface area contributed by atoms with Gasteiger partial charge in [-0.25, -0.2) is 0 Å². The van der Waals surface area contributed by atoms with Gasteiger partial charge in [-0.1, -0.05) is 38.0 Å². The number of carbonyl (C=O) groups is 1. The number of rotatable bonds is 6. The summed E-state index contributed by atoms with van der Waals surface area (Å²) in [6, 6.07) is 8.34. The Labute approximate surface area is 114 Å². The summed E-state index contributed by atoms with van der Waals surface area (Å²) in [6.45, 7) is 4.24. The summed E-state index contributed by atoms with van der Waals surface area (Å²) >= 11 is 0. The van der Waals surface area contributed by atoms with Gasteiger partial charge in [0.15, 0.2) is 0 Å². The highest BCUT2D eigenvalue weighted by atomic mass is 16.1. The molecule has 1 aromatic carbocycles. The predicted octanol–water partition coefficient (Wildman–Crippen LogP) is 3.41. The minimum Gasteiger partial charge on any atom is -0.361 e. The first-order valence-corrected chi connectivity index (χ1v) is 7.05. The van der Waals surface area contributed by atoms with Crippen molar-refractivity contribution in [3.63, 3.8) is 0 Å². The van der Waals surface area contributed by atoms with Gasteiger partial charge in [-0.2, -0.15) is 0 Å². The van der Waals surface area contributed by atoms with Crippen molar-refractivity contribution < 1.29 is 4.79 Å². The van der Waals surface area contributed by atoms with E-state index in [1.807, 2.05) is 24.4 Å². The van der Waals surface area contributed by atoms with E-state index in [0.717, 1.165) is 29.3 Å². The van der Waals surface area contributed by atoms with Gasteiger partial charge in [-0.05, 0) is 25.0 Å². The molecule has 0 spiro atoms. The van der Waals surface area contributed by atoms with Crippen molar-refractivity contribution in [3.05, 3.63) is 36.0 Å². The van der Waals surface area contributed by atoms with Gasteiger partial charge >= 0.3 is 0 Å². The largest absolute Gasteiger partial charge is 0.361 e. The van der Waals surface area contributed by atoms with E-state index < -0.39 is 0 Å². The number of unbranched alkanes of at least 4 members (excludes halogenated alkanes) is 1. The summed E-state index contributed by atoms with van der Waals surface area (Å²) in [5.41, 5.74) is 2.15. The van der Waals surface area contributed by atoms with Crippen LogP contribution in [0.4, 0.5) is 0 Å². The second-order valence-electron chi connectivity index (χ2n) is 5.15. The number of hydrogen-bond donors (Lipinski definition) is 2. The molecule has 0 fully saturated rings. The highest BCUT2D eigenvalue weighted by Crippen LogP contribution is 2.18. The first-order valence-electron chi connectivity index (χ1n) is 7.05. The Morgan fingerprint density at radius 3 is 2.95 bits per heavy atom. The Hall–Kier alpha value is -1.77. The summed E-state index contributed by atoms with van der Waals surface area (Å²) in [5.74, 6) is 0.105. The molecular weight excluding hydrogens is 236 g/mol. The molecule has 3 heteroatoms. The van der Waals surface area contributed by atoms with Crippen LogP contribution in [0.5, 0.6) is 0 Å². The molecule has 1 unspecified atom stereocenters. The average Bonchev–Trinajstić information content (AvgIpc) is 2.80. The van der Waals surface area contributed by atoms with Crippen LogP contribution in [0.1, 0.15) is 38.7 Å². The lowest BCUT2D eigenvalue weighted by atomic mass is 10.1. The zero-order chi connectivity index (χ0) is 13.7. The molecule has 1 atom stereocenters. The van der Waals surface area contributed by atoms with E-state index in [2.05, 4.69) is 30.2 Å². The molecule has 3 nitrogen and oxygen atoms in total. The monoisotopic (exact) mass is 258 g/mol. The standard InChI is InChI=1S/C16H22N2O/c1-3-4-7-12(2)18-16(19)10-13-11-17-15-9-6-5-8-14(13)15/h5-6,8-9,11-12,17H,3-4,7,10H2,1-2H3,(H,18,19). The van der Waals surface area contributed by atoms with Gasteiger partial charge in [0.2, 0.25) is 5.91 Å². The van der Waals surface area contributed by atoms with Gasteiger partial charge in [0, 0.05) is 23.1 Å². The minimum absolute atomic E-state index is 0.105. The smallest absolute Gasteiger partial charge is 0.224 e. The topological polar surface area (TPSA) is 44.9 Å². The van der Waals surface area contributed by atoms with E-state index in [-0.39, 0.29) is 11.9 Å². The average molecular weight is 258 g/mol. The zero-order valence-corrected chi connectivity index (χ0v) is 11.7. The van der Waals surface area contributed by atoms with Gasteiger partial charge in [0.05, 0.1) is 6.42 Å². The lowest BCUT2D eigenvalue weighted by Gasteiger charge is -2.13. The van der Waals surface area contributed by atoms with Crippen molar-refractivity contribution >= 4 is 16.8 Å². The second-order valence-corrected chi connectivity index (χ2v) is 5.15. The molecule has 0 aliphatic carbocycles. The number of para-hydroxylation sites is 1. The maximum Gasteiger partial charge on any atom is 0.224 e. The van der Waals surface area contributed by atoms with E-state index >= 15 is 0 Å². The third-order valence-electron chi connectivity index (χ3n) is 3.42. The minimum atomic E-state index is 0.105. The Morgan fingerprint density at radius 2 is 2.16 bits per heavy atom. The number of benzene rings is 1. The zero-order valence-electron chi connectivity index (χ0n) is 11.7. The van der Waals surface area contributed by atoms with Crippen molar-refractivity contribution in [3.8, 4) is 0 Å². The third kappa shape index (κ3) is 3.60. The number of amides is 1. The number of aromatic nitrogens is 1. The molecule has 0 radical (unpaired) electrons. The molecular formula is C16H22N2O. The molecule has 0 aliphatic heterocycles. The molecule has 0 saturated carbocycles. The van der Waals surface area contributed by atoms with Crippen molar-refractivity contribution in [1.82, 2.24) is 10.3 Å². The van der Waals surface area contributed by atoms with Crippen LogP contribution in [0.3, 0.4) is 0 Å². The maximum atomic E-state index is 12.0. The van der Waals surface area contributed by atoms with Gasteiger partial charge in [-0.15, -0.1) is 0 Å². The van der Waals surface area contributed by atoms with Crippen LogP contribution in [0, 0.1) is 0 Å². The molecule has 1 aromatic heterocycles. The van der Waals surface area contributed by atoms with Gasteiger partial charge in [-0.3, -0.25) is 4.79 Å². The van der Waals surface area contributed by atoms with Crippen LogP contribution < -0.4 is 5.32 Å². The molecule has 0 saturated heterocycles. The number of carbonyl (C=O) groups excluding carboxylic acids is 1. The second kappa shape index (κ2) is 6.41. The molecule has 1 heterocycles. The number of aromatic amines is 1. The molecule has 2 rings (SSSR count). The van der Waals surface area contributed by atoms with Crippen molar-refractivity contribution in [2.45, 2.75) is 45.6 Å². The molecule has 0 bridgehead atoms. The van der Waals surface area contributed by atoms with Crippen molar-refractivity contribution in [2.24, 2.45) is 0 Å². The van der Waals surface area contributed by atoms with Crippen LogP contribution in [-0.4, -0.2) is 16.9 Å². The lowest BCUT2D eigenvalue weighted by Crippen LogP contribution is -2.33. The lowest BCUT2D eigenvalue weighted by molar-refractivity contribution is -0.121. The Morgan fingerprint density at radius 1 is 1.37 bits per heavy atom.